The number of anilines is 1. The van der Waals surface area contributed by atoms with Crippen LogP contribution in [0.4, 0.5) is 5.69 Å². The van der Waals surface area contributed by atoms with Crippen molar-refractivity contribution in [1.82, 2.24) is 4.90 Å². The van der Waals surface area contributed by atoms with Gasteiger partial charge < -0.3 is 16.0 Å². The molecule has 0 fully saturated rings. The maximum absolute atomic E-state index is 12.0. The first-order valence-corrected chi connectivity index (χ1v) is 6.50. The van der Waals surface area contributed by atoms with Crippen molar-refractivity contribution in [3.05, 3.63) is 29.8 Å². The molecule has 1 aromatic rings. The van der Waals surface area contributed by atoms with Gasteiger partial charge in [-0.1, -0.05) is 32.9 Å². The third-order valence-corrected chi connectivity index (χ3v) is 2.94. The molecule has 4 heteroatoms. The lowest BCUT2D eigenvalue weighted by atomic mass is 9.87. The van der Waals surface area contributed by atoms with Crippen molar-refractivity contribution in [2.75, 3.05) is 19.4 Å². The molecule has 1 atom stereocenters. The van der Waals surface area contributed by atoms with E-state index >= 15 is 0 Å². The Bertz CT molecular complexity index is 418. The second-order valence-corrected chi connectivity index (χ2v) is 6.27. The second kappa shape index (κ2) is 6.17. The first-order chi connectivity index (χ1) is 8.70. The van der Waals surface area contributed by atoms with E-state index in [0.717, 1.165) is 12.2 Å². The number of nitrogens with one attached hydrogen (secondary N) is 1. The molecule has 0 aromatic heterocycles. The maximum Gasteiger partial charge on any atom is 0.241 e. The Kier molecular flexibility index (Phi) is 5.09. The van der Waals surface area contributed by atoms with Crippen LogP contribution in [-0.4, -0.2) is 30.9 Å². The van der Waals surface area contributed by atoms with Crippen molar-refractivity contribution >= 4 is 11.6 Å². The quantitative estimate of drug-likeness (QED) is 0.874. The molecule has 3 N–H and O–H groups in total. The number of carbonyl (C=O) groups excluding carboxylic acids is 1. The van der Waals surface area contributed by atoms with E-state index in [4.69, 9.17) is 5.73 Å². The van der Waals surface area contributed by atoms with Gasteiger partial charge in [-0.15, -0.1) is 0 Å². The molecule has 1 rings (SSSR count). The van der Waals surface area contributed by atoms with Crippen LogP contribution in [0.25, 0.3) is 0 Å². The molecule has 0 saturated heterocycles. The minimum Gasteiger partial charge on any atom is -0.325 e. The average molecular weight is 263 g/mol. The number of amides is 1. The minimum absolute atomic E-state index is 0.146. The van der Waals surface area contributed by atoms with Gasteiger partial charge in [-0.05, 0) is 37.2 Å². The van der Waals surface area contributed by atoms with Crippen molar-refractivity contribution in [2.24, 2.45) is 11.1 Å². The molecule has 0 aliphatic carbocycles. The molecular formula is C15H25N3O. The minimum atomic E-state index is -0.519. The summed E-state index contributed by atoms with van der Waals surface area (Å²) < 4.78 is 0. The molecule has 0 saturated carbocycles. The first kappa shape index (κ1) is 15.7. The molecule has 0 aliphatic heterocycles. The third kappa shape index (κ3) is 5.01. The van der Waals surface area contributed by atoms with E-state index in [1.54, 1.807) is 0 Å². The Morgan fingerprint density at radius 1 is 1.26 bits per heavy atom. The molecule has 0 bridgehead atoms. The fourth-order valence-corrected chi connectivity index (χ4v) is 1.67. The highest BCUT2D eigenvalue weighted by Gasteiger charge is 2.27. The number of carbonyl (C=O) groups is 1. The maximum atomic E-state index is 12.0. The van der Waals surface area contributed by atoms with Crippen LogP contribution in [-0.2, 0) is 11.3 Å². The summed E-state index contributed by atoms with van der Waals surface area (Å²) in [6, 6.07) is 7.32. The summed E-state index contributed by atoms with van der Waals surface area (Å²) in [5.74, 6) is -0.146. The zero-order chi connectivity index (χ0) is 14.6. The van der Waals surface area contributed by atoms with Gasteiger partial charge in [-0.2, -0.15) is 0 Å². The van der Waals surface area contributed by atoms with Crippen LogP contribution in [0, 0.1) is 5.41 Å². The number of benzene rings is 1. The Morgan fingerprint density at radius 3 is 2.21 bits per heavy atom. The predicted molar refractivity (Wildman–Crippen MR) is 79.9 cm³/mol. The Labute approximate surface area is 116 Å². The Hall–Kier alpha value is -1.39. The molecule has 0 spiro atoms. The summed E-state index contributed by atoms with van der Waals surface area (Å²) in [6.07, 6.45) is 0. The lowest BCUT2D eigenvalue weighted by Crippen LogP contribution is -2.45. The topological polar surface area (TPSA) is 58.4 Å². The zero-order valence-corrected chi connectivity index (χ0v) is 12.5. The van der Waals surface area contributed by atoms with Gasteiger partial charge in [0.2, 0.25) is 5.91 Å². The highest BCUT2D eigenvalue weighted by molar-refractivity contribution is 5.95. The molecule has 0 heterocycles. The van der Waals surface area contributed by atoms with Gasteiger partial charge >= 0.3 is 0 Å². The summed E-state index contributed by atoms with van der Waals surface area (Å²) in [7, 11) is 4.05. The largest absolute Gasteiger partial charge is 0.325 e. The molecule has 1 aromatic carbocycles. The van der Waals surface area contributed by atoms with Crippen molar-refractivity contribution < 1.29 is 4.79 Å². The summed E-state index contributed by atoms with van der Waals surface area (Å²) in [5.41, 5.74) is 7.67. The van der Waals surface area contributed by atoms with E-state index in [2.05, 4.69) is 10.2 Å². The van der Waals surface area contributed by atoms with Crippen LogP contribution in [0.5, 0.6) is 0 Å². The standard InChI is InChI=1S/C15H25N3O/c1-15(2,3)13(16)14(19)17-12-8-6-11(7-9-12)10-18(4)5/h6-9,13H,10,16H2,1-5H3,(H,17,19). The average Bonchev–Trinajstić information content (AvgIpc) is 2.28. The lowest BCUT2D eigenvalue weighted by Gasteiger charge is -2.25. The summed E-state index contributed by atoms with van der Waals surface area (Å²) in [6.45, 7) is 6.75. The van der Waals surface area contributed by atoms with Crippen LogP contribution >= 0.6 is 0 Å². The van der Waals surface area contributed by atoms with E-state index in [1.165, 1.54) is 5.56 Å². The summed E-state index contributed by atoms with van der Waals surface area (Å²) >= 11 is 0. The lowest BCUT2D eigenvalue weighted by molar-refractivity contribution is -0.119. The van der Waals surface area contributed by atoms with Crippen LogP contribution in [0.15, 0.2) is 24.3 Å². The fraction of sp³-hybridized carbons (Fsp3) is 0.533. The fourth-order valence-electron chi connectivity index (χ4n) is 1.67. The van der Waals surface area contributed by atoms with Crippen LogP contribution < -0.4 is 11.1 Å². The molecular weight excluding hydrogens is 238 g/mol. The molecule has 0 aliphatic rings. The molecule has 0 radical (unpaired) electrons. The van der Waals surface area contributed by atoms with Gasteiger partial charge in [0.05, 0.1) is 6.04 Å². The van der Waals surface area contributed by atoms with Gasteiger partial charge in [0, 0.05) is 12.2 Å². The smallest absolute Gasteiger partial charge is 0.241 e. The highest BCUT2D eigenvalue weighted by Crippen LogP contribution is 2.19. The van der Waals surface area contributed by atoms with Crippen LogP contribution in [0.2, 0.25) is 0 Å². The van der Waals surface area contributed by atoms with Crippen molar-refractivity contribution in [3.63, 3.8) is 0 Å². The molecule has 1 amide bonds. The SMILES string of the molecule is CN(C)Cc1ccc(NC(=O)C(N)C(C)(C)C)cc1. The van der Waals surface area contributed by atoms with Crippen LogP contribution in [0.1, 0.15) is 26.3 Å². The molecule has 1 unspecified atom stereocenters. The van der Waals surface area contributed by atoms with Gasteiger partial charge in [-0.25, -0.2) is 0 Å². The van der Waals surface area contributed by atoms with E-state index in [-0.39, 0.29) is 11.3 Å². The van der Waals surface area contributed by atoms with Gasteiger partial charge in [0.1, 0.15) is 0 Å². The van der Waals surface area contributed by atoms with E-state index < -0.39 is 6.04 Å². The highest BCUT2D eigenvalue weighted by atomic mass is 16.2. The summed E-state index contributed by atoms with van der Waals surface area (Å²) in [5, 5.41) is 2.85. The normalized spacial score (nSPS) is 13.4. The Morgan fingerprint density at radius 2 is 1.79 bits per heavy atom. The number of hydrogen-bond donors (Lipinski definition) is 2. The molecule has 19 heavy (non-hydrogen) atoms. The molecule has 106 valence electrons. The van der Waals surface area contributed by atoms with E-state index in [1.807, 2.05) is 59.1 Å². The van der Waals surface area contributed by atoms with Gasteiger partial charge in [-0.3, -0.25) is 4.79 Å². The number of nitrogens with zero attached hydrogens (tertiary/aromatic N) is 1. The summed E-state index contributed by atoms with van der Waals surface area (Å²) in [4.78, 5) is 14.1. The van der Waals surface area contributed by atoms with Crippen molar-refractivity contribution in [1.29, 1.82) is 0 Å². The van der Waals surface area contributed by atoms with Crippen molar-refractivity contribution in [2.45, 2.75) is 33.4 Å². The van der Waals surface area contributed by atoms with Crippen LogP contribution in [0.3, 0.4) is 0 Å². The Balaban J connectivity index is 2.65. The van der Waals surface area contributed by atoms with E-state index in [9.17, 15) is 4.79 Å². The monoisotopic (exact) mass is 263 g/mol. The zero-order valence-electron chi connectivity index (χ0n) is 12.5. The van der Waals surface area contributed by atoms with Gasteiger partial charge in [0.25, 0.3) is 0 Å². The second-order valence-electron chi connectivity index (χ2n) is 6.27. The number of hydrogen-bond acceptors (Lipinski definition) is 3. The van der Waals surface area contributed by atoms with Crippen molar-refractivity contribution in [3.8, 4) is 0 Å². The molecule has 4 nitrogen and oxygen atoms in total. The first-order valence-electron chi connectivity index (χ1n) is 6.50. The third-order valence-electron chi connectivity index (χ3n) is 2.94. The predicted octanol–water partition coefficient (Wildman–Crippen LogP) is 2.06. The van der Waals surface area contributed by atoms with Gasteiger partial charge in [0.15, 0.2) is 0 Å². The number of rotatable bonds is 4. The van der Waals surface area contributed by atoms with E-state index in [0.29, 0.717) is 0 Å². The number of nitrogens with two attached hydrogens (primary N) is 1.